The third kappa shape index (κ3) is 3.42. The lowest BCUT2D eigenvalue weighted by Crippen LogP contribution is -2.54. The van der Waals surface area contributed by atoms with E-state index < -0.39 is 0 Å². The first-order valence-corrected chi connectivity index (χ1v) is 12.6. The number of hydrogen-bond acceptors (Lipinski definition) is 1. The van der Waals surface area contributed by atoms with E-state index >= 15 is 0 Å². The predicted molar refractivity (Wildman–Crippen MR) is 119 cm³/mol. The first-order chi connectivity index (χ1) is 13.3. The average Bonchev–Trinajstić information content (AvgIpc) is 2.99. The van der Waals surface area contributed by atoms with Crippen LogP contribution in [0, 0.1) is 46.3 Å². The van der Waals surface area contributed by atoms with Crippen molar-refractivity contribution in [3.63, 3.8) is 0 Å². The minimum absolute atomic E-state index is 0.0130. The largest absolute Gasteiger partial charge is 0.393 e. The van der Waals surface area contributed by atoms with E-state index in [1.165, 1.54) is 63.4 Å². The van der Waals surface area contributed by atoms with Gasteiger partial charge in [-0.2, -0.15) is 0 Å². The smallest absolute Gasteiger partial charge is 0.0543 e. The van der Waals surface area contributed by atoms with Crippen molar-refractivity contribution in [2.45, 2.75) is 111 Å². The molecule has 0 spiro atoms. The first kappa shape index (κ1) is 21.0. The van der Waals surface area contributed by atoms with Crippen LogP contribution in [-0.4, -0.2) is 11.2 Å². The van der Waals surface area contributed by atoms with Crippen LogP contribution in [0.25, 0.3) is 0 Å². The Kier molecular flexibility index (Phi) is 5.80. The monoisotopic (exact) mass is 386 g/mol. The molecule has 0 radical (unpaired) electrons. The van der Waals surface area contributed by atoms with Gasteiger partial charge in [-0.3, -0.25) is 0 Å². The van der Waals surface area contributed by atoms with E-state index in [-0.39, 0.29) is 6.10 Å². The van der Waals surface area contributed by atoms with E-state index in [1.807, 2.05) is 0 Å². The van der Waals surface area contributed by atoms with Gasteiger partial charge in [0, 0.05) is 0 Å². The standard InChI is InChI=1S/C27H46O/c1-18(2)7-6-8-19(3)23-11-12-24-22-10-9-20-17-21(28)13-15-26(20,4)25(22)14-16-27(23,24)5/h7,19-25,28H,6,8-17H2,1-5H3/t19-,20+,21+,22+,23-,24+,25+,26+,27-/m1/s1. The zero-order valence-corrected chi connectivity index (χ0v) is 19.3. The maximum Gasteiger partial charge on any atom is 0.0543 e. The first-order valence-electron chi connectivity index (χ1n) is 12.6. The highest BCUT2D eigenvalue weighted by molar-refractivity contribution is 5.09. The summed E-state index contributed by atoms with van der Waals surface area (Å²) < 4.78 is 0. The molecular formula is C27H46O. The van der Waals surface area contributed by atoms with Crippen LogP contribution in [0.2, 0.25) is 0 Å². The van der Waals surface area contributed by atoms with Gasteiger partial charge in [-0.15, -0.1) is 0 Å². The quantitative estimate of drug-likeness (QED) is 0.499. The van der Waals surface area contributed by atoms with Crippen molar-refractivity contribution in [3.05, 3.63) is 11.6 Å². The molecule has 0 bridgehead atoms. The second kappa shape index (κ2) is 7.75. The van der Waals surface area contributed by atoms with E-state index in [4.69, 9.17) is 0 Å². The molecule has 1 nitrogen and oxygen atoms in total. The maximum atomic E-state index is 10.2. The van der Waals surface area contributed by atoms with Crippen LogP contribution in [0.1, 0.15) is 105 Å². The third-order valence-corrected chi connectivity index (χ3v) is 10.6. The van der Waals surface area contributed by atoms with Crippen LogP contribution in [-0.2, 0) is 0 Å². The van der Waals surface area contributed by atoms with Crippen LogP contribution in [0.4, 0.5) is 0 Å². The van der Waals surface area contributed by atoms with Gasteiger partial charge in [-0.05, 0) is 131 Å². The SMILES string of the molecule is CC(C)=CCC[C@@H](C)[C@H]1CC[C@H]2[C@@H]3CC[C@H]4C[C@@H](O)CC[C@]4(C)[C@H]3CC[C@]12C. The van der Waals surface area contributed by atoms with Crippen molar-refractivity contribution in [1.82, 2.24) is 0 Å². The van der Waals surface area contributed by atoms with Crippen molar-refractivity contribution < 1.29 is 5.11 Å². The van der Waals surface area contributed by atoms with E-state index in [1.54, 1.807) is 0 Å². The number of hydrogen-bond donors (Lipinski definition) is 1. The molecule has 4 rings (SSSR count). The summed E-state index contributed by atoms with van der Waals surface area (Å²) in [4.78, 5) is 0. The van der Waals surface area contributed by atoms with Crippen molar-refractivity contribution in [1.29, 1.82) is 0 Å². The van der Waals surface area contributed by atoms with E-state index in [9.17, 15) is 5.11 Å². The summed E-state index contributed by atoms with van der Waals surface area (Å²) >= 11 is 0. The van der Waals surface area contributed by atoms with E-state index in [0.717, 1.165) is 48.3 Å². The van der Waals surface area contributed by atoms with Gasteiger partial charge < -0.3 is 5.11 Å². The fourth-order valence-electron chi connectivity index (χ4n) is 9.05. The molecule has 160 valence electrons. The average molecular weight is 387 g/mol. The predicted octanol–water partition coefficient (Wildman–Crippen LogP) is 7.39. The molecule has 0 unspecified atom stereocenters. The zero-order valence-electron chi connectivity index (χ0n) is 19.3. The fourth-order valence-corrected chi connectivity index (χ4v) is 9.05. The lowest BCUT2D eigenvalue weighted by Gasteiger charge is -2.61. The molecule has 0 saturated heterocycles. The summed E-state index contributed by atoms with van der Waals surface area (Å²) in [5, 5.41) is 10.2. The van der Waals surface area contributed by atoms with E-state index in [0.29, 0.717) is 10.8 Å². The molecule has 0 aromatic rings. The van der Waals surface area contributed by atoms with Crippen molar-refractivity contribution >= 4 is 0 Å². The highest BCUT2D eigenvalue weighted by Crippen LogP contribution is 2.68. The van der Waals surface area contributed by atoms with Gasteiger partial charge in [-0.25, -0.2) is 0 Å². The van der Waals surface area contributed by atoms with Gasteiger partial charge in [0.2, 0.25) is 0 Å². The number of rotatable bonds is 4. The molecule has 0 amide bonds. The fraction of sp³-hybridized carbons (Fsp3) is 0.926. The van der Waals surface area contributed by atoms with Gasteiger partial charge >= 0.3 is 0 Å². The normalized spacial score (nSPS) is 48.9. The van der Waals surface area contributed by atoms with Crippen LogP contribution < -0.4 is 0 Å². The Morgan fingerprint density at radius 2 is 1.68 bits per heavy atom. The molecule has 4 aliphatic rings. The number of aliphatic hydroxyl groups is 1. The third-order valence-electron chi connectivity index (χ3n) is 10.6. The Balaban J connectivity index is 1.48. The molecule has 4 fully saturated rings. The summed E-state index contributed by atoms with van der Waals surface area (Å²) in [6, 6.07) is 0. The van der Waals surface area contributed by atoms with Gasteiger partial charge in [0.15, 0.2) is 0 Å². The Labute approximate surface area is 174 Å². The Morgan fingerprint density at radius 3 is 2.43 bits per heavy atom. The number of allylic oxidation sites excluding steroid dienone is 2. The highest BCUT2D eigenvalue weighted by atomic mass is 16.3. The van der Waals surface area contributed by atoms with Gasteiger partial charge in [0.1, 0.15) is 0 Å². The van der Waals surface area contributed by atoms with Crippen molar-refractivity contribution in [2.75, 3.05) is 0 Å². The lowest BCUT2D eigenvalue weighted by atomic mass is 9.44. The molecule has 9 atom stereocenters. The van der Waals surface area contributed by atoms with Gasteiger partial charge in [0.25, 0.3) is 0 Å². The molecule has 0 aliphatic heterocycles. The molecule has 1 heteroatoms. The van der Waals surface area contributed by atoms with Crippen LogP contribution in [0.3, 0.4) is 0 Å². The minimum Gasteiger partial charge on any atom is -0.393 e. The molecule has 0 aromatic heterocycles. The van der Waals surface area contributed by atoms with Crippen molar-refractivity contribution in [3.8, 4) is 0 Å². The van der Waals surface area contributed by atoms with Gasteiger partial charge in [-0.1, -0.05) is 32.4 Å². The van der Waals surface area contributed by atoms with Crippen molar-refractivity contribution in [2.24, 2.45) is 46.3 Å². The summed E-state index contributed by atoms with van der Waals surface area (Å²) in [6.07, 6.45) is 17.3. The zero-order chi connectivity index (χ0) is 20.1. The Hall–Kier alpha value is -0.300. The Bertz CT molecular complexity index is 589. The maximum absolute atomic E-state index is 10.2. The second-order valence-electron chi connectivity index (χ2n) is 12.1. The second-order valence-corrected chi connectivity index (χ2v) is 12.1. The summed E-state index contributed by atoms with van der Waals surface area (Å²) in [7, 11) is 0. The van der Waals surface area contributed by atoms with Crippen LogP contribution >= 0.6 is 0 Å². The molecule has 0 heterocycles. The Morgan fingerprint density at radius 1 is 0.964 bits per heavy atom. The summed E-state index contributed by atoms with van der Waals surface area (Å²) in [5.41, 5.74) is 2.60. The summed E-state index contributed by atoms with van der Waals surface area (Å²) in [6.45, 7) is 12.4. The van der Waals surface area contributed by atoms with Crippen LogP contribution in [0.5, 0.6) is 0 Å². The van der Waals surface area contributed by atoms with Crippen LogP contribution in [0.15, 0.2) is 11.6 Å². The highest BCUT2D eigenvalue weighted by Gasteiger charge is 2.60. The van der Waals surface area contributed by atoms with E-state index in [2.05, 4.69) is 40.7 Å². The summed E-state index contributed by atoms with van der Waals surface area (Å²) in [5.74, 6) is 5.51. The molecule has 0 aromatic carbocycles. The van der Waals surface area contributed by atoms with Gasteiger partial charge in [0.05, 0.1) is 6.10 Å². The number of fused-ring (bicyclic) bond motifs is 5. The molecule has 4 aliphatic carbocycles. The topological polar surface area (TPSA) is 20.2 Å². The number of aliphatic hydroxyl groups excluding tert-OH is 1. The molecular weight excluding hydrogens is 340 g/mol. The molecule has 1 N–H and O–H groups in total. The minimum atomic E-state index is -0.0130. The lowest BCUT2D eigenvalue weighted by molar-refractivity contribution is -0.129. The molecule has 28 heavy (non-hydrogen) atoms. The molecule has 4 saturated carbocycles.